The first-order valence-corrected chi connectivity index (χ1v) is 10.3. The SMILES string of the molecule is CNCCN1C(=O)NCC1CCOc1cn(-c2ccc(F)cc2)c2cc(Cl)ccc12. The molecular formula is C22H24ClFN4O2. The third-order valence-electron chi connectivity index (χ3n) is 5.34. The molecular weight excluding hydrogens is 407 g/mol. The predicted molar refractivity (Wildman–Crippen MR) is 116 cm³/mol. The Bertz CT molecular complexity index is 1040. The van der Waals surface area contributed by atoms with Crippen LogP contribution in [0.2, 0.25) is 5.02 Å². The van der Waals surface area contributed by atoms with Gasteiger partial charge in [0.05, 0.1) is 24.4 Å². The Morgan fingerprint density at radius 2 is 2.07 bits per heavy atom. The summed E-state index contributed by atoms with van der Waals surface area (Å²) in [4.78, 5) is 13.9. The number of halogens is 2. The van der Waals surface area contributed by atoms with Crippen LogP contribution < -0.4 is 15.4 Å². The van der Waals surface area contributed by atoms with Crippen LogP contribution in [0.4, 0.5) is 9.18 Å². The maximum absolute atomic E-state index is 13.3. The second kappa shape index (κ2) is 8.93. The molecule has 8 heteroatoms. The van der Waals surface area contributed by atoms with E-state index in [0.717, 1.165) is 35.3 Å². The number of benzene rings is 2. The molecule has 2 N–H and O–H groups in total. The van der Waals surface area contributed by atoms with Gasteiger partial charge in [0.25, 0.3) is 0 Å². The molecule has 3 aromatic rings. The highest BCUT2D eigenvalue weighted by atomic mass is 35.5. The number of aromatic nitrogens is 1. The highest BCUT2D eigenvalue weighted by molar-refractivity contribution is 6.31. The molecule has 30 heavy (non-hydrogen) atoms. The minimum Gasteiger partial charge on any atom is -0.491 e. The highest BCUT2D eigenvalue weighted by Crippen LogP contribution is 2.33. The average Bonchev–Trinajstić information content (AvgIpc) is 3.27. The number of rotatable bonds is 8. The normalized spacial score (nSPS) is 16.3. The lowest BCUT2D eigenvalue weighted by molar-refractivity contribution is 0.192. The van der Waals surface area contributed by atoms with Gasteiger partial charge < -0.3 is 24.8 Å². The van der Waals surface area contributed by atoms with E-state index < -0.39 is 0 Å². The van der Waals surface area contributed by atoms with Crippen LogP contribution >= 0.6 is 11.6 Å². The molecule has 1 atom stereocenters. The van der Waals surface area contributed by atoms with Crippen molar-refractivity contribution < 1.29 is 13.9 Å². The van der Waals surface area contributed by atoms with Crippen molar-refractivity contribution in [3.63, 3.8) is 0 Å². The minimum absolute atomic E-state index is 0.0298. The summed E-state index contributed by atoms with van der Waals surface area (Å²) < 4.78 is 21.4. The van der Waals surface area contributed by atoms with E-state index in [9.17, 15) is 9.18 Å². The van der Waals surface area contributed by atoms with Crippen LogP contribution in [0.3, 0.4) is 0 Å². The van der Waals surface area contributed by atoms with E-state index in [2.05, 4.69) is 10.6 Å². The summed E-state index contributed by atoms with van der Waals surface area (Å²) >= 11 is 6.21. The number of nitrogens with zero attached hydrogens (tertiary/aromatic N) is 2. The second-order valence-corrected chi connectivity index (χ2v) is 7.71. The van der Waals surface area contributed by atoms with Crippen LogP contribution in [0.1, 0.15) is 6.42 Å². The highest BCUT2D eigenvalue weighted by Gasteiger charge is 2.29. The van der Waals surface area contributed by atoms with E-state index in [4.69, 9.17) is 16.3 Å². The first-order valence-electron chi connectivity index (χ1n) is 9.95. The number of amides is 2. The predicted octanol–water partition coefficient (Wildman–Crippen LogP) is 3.81. The van der Waals surface area contributed by atoms with E-state index in [1.165, 1.54) is 12.1 Å². The molecule has 1 aliphatic rings. The molecule has 2 amide bonds. The molecule has 0 bridgehead atoms. The van der Waals surface area contributed by atoms with Crippen molar-refractivity contribution in [3.05, 3.63) is 59.5 Å². The number of ether oxygens (including phenoxy) is 1. The molecule has 2 heterocycles. The van der Waals surface area contributed by atoms with Crippen molar-refractivity contribution in [2.45, 2.75) is 12.5 Å². The zero-order valence-corrected chi connectivity index (χ0v) is 17.5. The van der Waals surface area contributed by atoms with Crippen molar-refractivity contribution in [1.29, 1.82) is 0 Å². The summed E-state index contributed by atoms with van der Waals surface area (Å²) in [6, 6.07) is 12.0. The van der Waals surface area contributed by atoms with Crippen molar-refractivity contribution >= 4 is 28.5 Å². The minimum atomic E-state index is -0.285. The lowest BCUT2D eigenvalue weighted by Gasteiger charge is -2.22. The lowest BCUT2D eigenvalue weighted by atomic mass is 10.2. The molecule has 0 spiro atoms. The molecule has 4 rings (SSSR count). The Morgan fingerprint density at radius 3 is 2.83 bits per heavy atom. The Balaban J connectivity index is 1.52. The van der Waals surface area contributed by atoms with Gasteiger partial charge in [0, 0.05) is 42.2 Å². The van der Waals surface area contributed by atoms with Gasteiger partial charge >= 0.3 is 6.03 Å². The fourth-order valence-corrected chi connectivity index (χ4v) is 3.93. The quantitative estimate of drug-likeness (QED) is 0.571. The number of fused-ring (bicyclic) bond motifs is 1. The molecule has 1 fully saturated rings. The van der Waals surface area contributed by atoms with Gasteiger partial charge in [-0.2, -0.15) is 0 Å². The Labute approximate surface area is 179 Å². The van der Waals surface area contributed by atoms with E-state index in [1.54, 1.807) is 12.1 Å². The summed E-state index contributed by atoms with van der Waals surface area (Å²) in [6.45, 7) is 2.51. The maximum atomic E-state index is 13.3. The van der Waals surface area contributed by atoms with Crippen LogP contribution in [-0.2, 0) is 0 Å². The number of hydrogen-bond donors (Lipinski definition) is 2. The fourth-order valence-electron chi connectivity index (χ4n) is 3.76. The van der Waals surface area contributed by atoms with Crippen molar-refractivity contribution in [2.24, 2.45) is 0 Å². The smallest absolute Gasteiger partial charge is 0.317 e. The lowest BCUT2D eigenvalue weighted by Crippen LogP contribution is -2.39. The molecule has 1 saturated heterocycles. The number of likely N-dealkylation sites (N-methyl/N-ethyl adjacent to an activating group) is 1. The zero-order chi connectivity index (χ0) is 21.1. The Hall–Kier alpha value is -2.77. The third kappa shape index (κ3) is 4.22. The van der Waals surface area contributed by atoms with Gasteiger partial charge in [0.1, 0.15) is 11.6 Å². The van der Waals surface area contributed by atoms with Gasteiger partial charge in [0.15, 0.2) is 0 Å². The van der Waals surface area contributed by atoms with Crippen molar-refractivity contribution in [2.75, 3.05) is 33.3 Å². The summed E-state index contributed by atoms with van der Waals surface area (Å²) in [5.41, 5.74) is 1.71. The first kappa shape index (κ1) is 20.5. The topological polar surface area (TPSA) is 58.5 Å². The van der Waals surface area contributed by atoms with Crippen LogP contribution in [0.5, 0.6) is 5.75 Å². The maximum Gasteiger partial charge on any atom is 0.317 e. The molecule has 1 aromatic heterocycles. The molecule has 158 valence electrons. The van der Waals surface area contributed by atoms with E-state index in [1.807, 2.05) is 40.9 Å². The summed E-state index contributed by atoms with van der Waals surface area (Å²) in [5, 5.41) is 7.52. The molecule has 1 aliphatic heterocycles. The van der Waals surface area contributed by atoms with Crippen molar-refractivity contribution in [3.8, 4) is 11.4 Å². The van der Waals surface area contributed by atoms with Gasteiger partial charge in [-0.3, -0.25) is 0 Å². The average molecular weight is 431 g/mol. The van der Waals surface area contributed by atoms with Gasteiger partial charge in [0.2, 0.25) is 0 Å². The Morgan fingerprint density at radius 1 is 1.27 bits per heavy atom. The molecule has 0 saturated carbocycles. The molecule has 6 nitrogen and oxygen atoms in total. The van der Waals surface area contributed by atoms with Gasteiger partial charge in [-0.15, -0.1) is 0 Å². The van der Waals surface area contributed by atoms with E-state index >= 15 is 0 Å². The zero-order valence-electron chi connectivity index (χ0n) is 16.7. The van der Waals surface area contributed by atoms with Crippen LogP contribution in [0, 0.1) is 5.82 Å². The Kier molecular flexibility index (Phi) is 6.11. The van der Waals surface area contributed by atoms with Gasteiger partial charge in [-0.1, -0.05) is 11.6 Å². The van der Waals surface area contributed by atoms with Gasteiger partial charge in [-0.25, -0.2) is 9.18 Å². The number of carbonyl (C=O) groups is 1. The van der Waals surface area contributed by atoms with Crippen LogP contribution in [0.25, 0.3) is 16.6 Å². The number of hydrogen-bond acceptors (Lipinski definition) is 3. The molecule has 1 unspecified atom stereocenters. The fraction of sp³-hybridized carbons (Fsp3) is 0.318. The first-order chi connectivity index (χ1) is 14.6. The largest absolute Gasteiger partial charge is 0.491 e. The summed E-state index contributed by atoms with van der Waals surface area (Å²) in [5.74, 6) is 0.442. The molecule has 2 aromatic carbocycles. The monoisotopic (exact) mass is 430 g/mol. The van der Waals surface area contributed by atoms with Crippen molar-refractivity contribution in [1.82, 2.24) is 20.1 Å². The standard InChI is InChI=1S/C22H24ClFN4O2/c1-25-9-10-27-18(13-26-22(27)29)8-11-30-21-14-28(17-5-3-16(24)4-6-17)20-12-15(23)2-7-19(20)21/h2-7,12,14,18,25H,8-11,13H2,1H3,(H,26,29). The third-order valence-corrected chi connectivity index (χ3v) is 5.57. The van der Waals surface area contributed by atoms with Crippen LogP contribution in [-0.4, -0.2) is 54.8 Å². The van der Waals surface area contributed by atoms with E-state index in [0.29, 0.717) is 24.7 Å². The number of urea groups is 1. The summed E-state index contributed by atoms with van der Waals surface area (Å²) in [7, 11) is 1.87. The number of carbonyl (C=O) groups excluding carboxylic acids is 1. The van der Waals surface area contributed by atoms with Gasteiger partial charge in [-0.05, 0) is 49.5 Å². The number of nitrogens with one attached hydrogen (secondary N) is 2. The van der Waals surface area contributed by atoms with Crippen LogP contribution in [0.15, 0.2) is 48.7 Å². The van der Waals surface area contributed by atoms with E-state index in [-0.39, 0.29) is 17.9 Å². The summed E-state index contributed by atoms with van der Waals surface area (Å²) in [6.07, 6.45) is 2.62. The molecule has 0 aliphatic carbocycles. The second-order valence-electron chi connectivity index (χ2n) is 7.28. The molecule has 0 radical (unpaired) electrons.